The Hall–Kier alpha value is 0.530. The zero-order valence-electron chi connectivity index (χ0n) is 8.97. The van der Waals surface area contributed by atoms with Crippen molar-refractivity contribution in [3.05, 3.63) is 11.6 Å². The van der Waals surface area contributed by atoms with E-state index in [9.17, 15) is 5.11 Å². The molecule has 0 unspecified atom stereocenters. The lowest BCUT2D eigenvalue weighted by Gasteiger charge is -2.14. The number of fused-ring (bicyclic) bond motifs is 1. The van der Waals surface area contributed by atoms with Crippen LogP contribution in [-0.4, -0.2) is 18.8 Å². The minimum Gasteiger partial charge on any atom is -0.503 e. The maximum atomic E-state index is 10.1. The summed E-state index contributed by atoms with van der Waals surface area (Å²) in [6, 6.07) is 1.88. The van der Waals surface area contributed by atoms with Crippen LogP contribution in [0.25, 0.3) is 0 Å². The van der Waals surface area contributed by atoms with E-state index in [-0.39, 0.29) is 5.75 Å². The Kier molecular flexibility index (Phi) is 5.44. The summed E-state index contributed by atoms with van der Waals surface area (Å²) in [6.45, 7) is 0.594. The molecule has 0 radical (unpaired) electrons. The van der Waals surface area contributed by atoms with Crippen molar-refractivity contribution < 1.29 is 9.84 Å². The number of aromatic hydroxyl groups is 1. The van der Waals surface area contributed by atoms with Crippen molar-refractivity contribution in [1.29, 1.82) is 0 Å². The van der Waals surface area contributed by atoms with Crippen molar-refractivity contribution in [2.24, 2.45) is 5.73 Å². The van der Waals surface area contributed by atoms with Gasteiger partial charge in [0.1, 0.15) is 0 Å². The highest BCUT2D eigenvalue weighted by Crippen LogP contribution is 2.62. The van der Waals surface area contributed by atoms with Gasteiger partial charge in [0.05, 0.1) is 12.0 Å². The van der Waals surface area contributed by atoms with Crippen LogP contribution in [0, 0.1) is 0 Å². The van der Waals surface area contributed by atoms with Crippen LogP contribution in [0.3, 0.4) is 0 Å². The van der Waals surface area contributed by atoms with Gasteiger partial charge in [0.15, 0.2) is 11.5 Å². The van der Waals surface area contributed by atoms with E-state index in [1.54, 1.807) is 58.2 Å². The highest BCUT2D eigenvalue weighted by atomic mass is 33.8. The standard InChI is InChI=1S/C9H11NO2S5/c1-12-6-4-5(2-3-10)8-9(7(6)11)14-16-17-15-13-8/h4,11H,2-3,10H2,1H3. The fourth-order valence-electron chi connectivity index (χ4n) is 1.43. The molecule has 94 valence electrons. The number of phenolic OH excluding ortho intramolecular Hbond substituents is 1. The summed E-state index contributed by atoms with van der Waals surface area (Å²) in [6.07, 6.45) is 0.794. The number of benzene rings is 1. The van der Waals surface area contributed by atoms with E-state index in [0.29, 0.717) is 12.3 Å². The van der Waals surface area contributed by atoms with E-state index in [0.717, 1.165) is 21.8 Å². The number of nitrogens with two attached hydrogens (primary N) is 1. The van der Waals surface area contributed by atoms with E-state index in [2.05, 4.69) is 0 Å². The van der Waals surface area contributed by atoms with Gasteiger partial charge in [0, 0.05) is 4.90 Å². The molecule has 0 amide bonds. The summed E-state index contributed by atoms with van der Waals surface area (Å²) >= 11 is 0. The summed E-state index contributed by atoms with van der Waals surface area (Å²) in [7, 11) is 9.87. The second-order valence-corrected chi connectivity index (χ2v) is 10.6. The second-order valence-electron chi connectivity index (χ2n) is 3.15. The van der Waals surface area contributed by atoms with Gasteiger partial charge in [-0.25, -0.2) is 0 Å². The Morgan fingerprint density at radius 2 is 1.94 bits per heavy atom. The number of ether oxygens (including phenoxy) is 1. The molecule has 0 bridgehead atoms. The van der Waals surface area contributed by atoms with E-state index >= 15 is 0 Å². The van der Waals surface area contributed by atoms with E-state index in [1.165, 1.54) is 0 Å². The molecule has 1 aliphatic heterocycles. The topological polar surface area (TPSA) is 55.5 Å². The normalized spacial score (nSPS) is 15.2. The fourth-order valence-corrected chi connectivity index (χ4v) is 10.6. The Morgan fingerprint density at radius 1 is 1.24 bits per heavy atom. The molecule has 2 rings (SSSR count). The third-order valence-corrected chi connectivity index (χ3v) is 10.7. The van der Waals surface area contributed by atoms with E-state index in [4.69, 9.17) is 10.5 Å². The van der Waals surface area contributed by atoms with E-state index < -0.39 is 0 Å². The quantitative estimate of drug-likeness (QED) is 0.810. The number of hydrogen-bond acceptors (Lipinski definition) is 8. The molecule has 0 saturated carbocycles. The fraction of sp³-hybridized carbons (Fsp3) is 0.333. The summed E-state index contributed by atoms with van der Waals surface area (Å²) in [5.41, 5.74) is 6.77. The first-order valence-electron chi connectivity index (χ1n) is 4.75. The summed E-state index contributed by atoms with van der Waals surface area (Å²) in [4.78, 5) is 2.00. The number of hydrogen-bond donors (Lipinski definition) is 2. The maximum Gasteiger partial charge on any atom is 0.173 e. The van der Waals surface area contributed by atoms with Gasteiger partial charge >= 0.3 is 0 Å². The van der Waals surface area contributed by atoms with Gasteiger partial charge in [-0.15, -0.1) is 0 Å². The predicted molar refractivity (Wildman–Crippen MR) is 81.9 cm³/mol. The Morgan fingerprint density at radius 3 is 2.59 bits per heavy atom. The summed E-state index contributed by atoms with van der Waals surface area (Å²) in [5, 5.41) is 10.1. The first-order valence-corrected chi connectivity index (χ1v) is 10.9. The van der Waals surface area contributed by atoms with E-state index in [1.807, 2.05) is 6.07 Å². The molecule has 0 fully saturated rings. The van der Waals surface area contributed by atoms with Crippen molar-refractivity contribution in [1.82, 2.24) is 0 Å². The molecule has 0 spiro atoms. The summed E-state index contributed by atoms with van der Waals surface area (Å²) < 4.78 is 5.20. The Balaban J connectivity index is 2.52. The minimum atomic E-state index is 0.233. The molecule has 1 aliphatic rings. The smallest absolute Gasteiger partial charge is 0.173 e. The van der Waals surface area contributed by atoms with Gasteiger partial charge in [-0.3, -0.25) is 0 Å². The molecule has 17 heavy (non-hydrogen) atoms. The first kappa shape index (κ1) is 14.0. The molecule has 0 aromatic heterocycles. The predicted octanol–water partition coefficient (Wildman–Crippen LogP) is 3.96. The summed E-state index contributed by atoms with van der Waals surface area (Å²) in [5.74, 6) is 0.758. The van der Waals surface area contributed by atoms with Gasteiger partial charge in [-0.2, -0.15) is 0 Å². The SMILES string of the molecule is COc1cc(CCN)c2c(c1O)SSSSS2. The average Bonchev–Trinajstić information content (AvgIpc) is 2.59. The molecule has 1 heterocycles. The first-order chi connectivity index (χ1) is 8.27. The largest absolute Gasteiger partial charge is 0.503 e. The van der Waals surface area contributed by atoms with Crippen molar-refractivity contribution in [3.8, 4) is 11.5 Å². The van der Waals surface area contributed by atoms with Crippen LogP contribution < -0.4 is 10.5 Å². The number of methoxy groups -OCH3 is 1. The second kappa shape index (κ2) is 6.63. The third kappa shape index (κ3) is 3.10. The average molecular weight is 326 g/mol. The van der Waals surface area contributed by atoms with Gasteiger partial charge in [0.2, 0.25) is 0 Å². The zero-order chi connectivity index (χ0) is 12.3. The third-order valence-electron chi connectivity index (χ3n) is 2.18. The minimum absolute atomic E-state index is 0.233. The molecule has 0 saturated heterocycles. The number of phenols is 1. The van der Waals surface area contributed by atoms with Crippen LogP contribution in [0.1, 0.15) is 5.56 Å². The van der Waals surface area contributed by atoms with Crippen LogP contribution in [0.15, 0.2) is 15.9 Å². The van der Waals surface area contributed by atoms with Crippen molar-refractivity contribution in [2.75, 3.05) is 13.7 Å². The van der Waals surface area contributed by atoms with Gasteiger partial charge in [-0.1, -0.05) is 0 Å². The molecule has 1 aromatic rings. The molecule has 3 N–H and O–H groups in total. The molecule has 0 atom stereocenters. The van der Waals surface area contributed by atoms with Crippen molar-refractivity contribution >= 4 is 51.1 Å². The highest BCUT2D eigenvalue weighted by Gasteiger charge is 2.22. The monoisotopic (exact) mass is 325 g/mol. The molecule has 8 heteroatoms. The van der Waals surface area contributed by atoms with Gasteiger partial charge in [0.25, 0.3) is 0 Å². The van der Waals surface area contributed by atoms with Gasteiger partial charge in [-0.05, 0) is 75.7 Å². The van der Waals surface area contributed by atoms with Gasteiger partial charge < -0.3 is 15.6 Å². The molecular formula is C9H11NO2S5. The molecular weight excluding hydrogens is 314 g/mol. The lowest BCUT2D eigenvalue weighted by Crippen LogP contribution is -2.04. The molecule has 3 nitrogen and oxygen atoms in total. The lowest BCUT2D eigenvalue weighted by molar-refractivity contribution is 0.365. The highest BCUT2D eigenvalue weighted by molar-refractivity contribution is 9.36. The van der Waals surface area contributed by atoms with Crippen LogP contribution in [0.5, 0.6) is 11.5 Å². The van der Waals surface area contributed by atoms with Crippen LogP contribution >= 0.6 is 51.1 Å². The lowest BCUT2D eigenvalue weighted by atomic mass is 10.1. The van der Waals surface area contributed by atoms with Crippen LogP contribution in [0.4, 0.5) is 0 Å². The Bertz CT molecular complexity index is 415. The van der Waals surface area contributed by atoms with Crippen LogP contribution in [0.2, 0.25) is 0 Å². The maximum absolute atomic E-state index is 10.1. The Labute approximate surface area is 119 Å². The van der Waals surface area contributed by atoms with Crippen molar-refractivity contribution in [3.63, 3.8) is 0 Å². The van der Waals surface area contributed by atoms with Crippen LogP contribution in [-0.2, 0) is 6.42 Å². The molecule has 0 aliphatic carbocycles. The zero-order valence-corrected chi connectivity index (χ0v) is 13.0. The molecule has 1 aromatic carbocycles. The van der Waals surface area contributed by atoms with Crippen molar-refractivity contribution in [2.45, 2.75) is 16.2 Å². The number of rotatable bonds is 3.